The summed E-state index contributed by atoms with van der Waals surface area (Å²) in [6.07, 6.45) is 0. The van der Waals surface area contributed by atoms with Crippen LogP contribution in [0.1, 0.15) is 12.5 Å². The van der Waals surface area contributed by atoms with Crippen molar-refractivity contribution in [3.8, 4) is 11.4 Å². The SMILES string of the molecule is CCn1nnnc1-c1c(C)cccc1N. The summed E-state index contributed by atoms with van der Waals surface area (Å²) in [6, 6.07) is 5.78. The van der Waals surface area contributed by atoms with Crippen molar-refractivity contribution in [3.05, 3.63) is 23.8 Å². The van der Waals surface area contributed by atoms with Crippen LogP contribution in [-0.2, 0) is 6.54 Å². The molecule has 1 aromatic heterocycles. The van der Waals surface area contributed by atoms with Gasteiger partial charge in [0.1, 0.15) is 0 Å². The van der Waals surface area contributed by atoms with Crippen LogP contribution in [-0.4, -0.2) is 20.2 Å². The fraction of sp³-hybridized carbons (Fsp3) is 0.300. The molecule has 78 valence electrons. The van der Waals surface area contributed by atoms with Crippen LogP contribution < -0.4 is 5.73 Å². The smallest absolute Gasteiger partial charge is 0.184 e. The number of benzene rings is 1. The highest BCUT2D eigenvalue weighted by Crippen LogP contribution is 2.26. The quantitative estimate of drug-likeness (QED) is 0.746. The van der Waals surface area contributed by atoms with Gasteiger partial charge in [-0.15, -0.1) is 5.10 Å². The Labute approximate surface area is 87.9 Å². The lowest BCUT2D eigenvalue weighted by Gasteiger charge is -2.07. The molecule has 0 unspecified atom stereocenters. The van der Waals surface area contributed by atoms with Crippen LogP contribution in [0, 0.1) is 6.92 Å². The summed E-state index contributed by atoms with van der Waals surface area (Å²) in [7, 11) is 0. The highest BCUT2D eigenvalue weighted by molar-refractivity contribution is 5.74. The molecule has 2 N–H and O–H groups in total. The maximum Gasteiger partial charge on any atom is 0.184 e. The third kappa shape index (κ3) is 1.56. The number of nitrogens with two attached hydrogens (primary N) is 1. The van der Waals surface area contributed by atoms with E-state index in [0.717, 1.165) is 23.5 Å². The standard InChI is InChI=1S/C10H13N5/c1-3-15-10(12-13-14-15)9-7(2)5-4-6-8(9)11/h4-6H,3,11H2,1-2H3. The first-order valence-electron chi connectivity index (χ1n) is 4.85. The molecule has 0 radical (unpaired) electrons. The van der Waals surface area contributed by atoms with E-state index in [2.05, 4.69) is 15.5 Å². The molecule has 0 atom stereocenters. The third-order valence-electron chi connectivity index (χ3n) is 2.36. The molecule has 0 aliphatic carbocycles. The molecule has 0 bridgehead atoms. The molecule has 0 aliphatic heterocycles. The van der Waals surface area contributed by atoms with Crippen molar-refractivity contribution >= 4 is 5.69 Å². The van der Waals surface area contributed by atoms with Gasteiger partial charge in [0.05, 0.1) is 0 Å². The summed E-state index contributed by atoms with van der Waals surface area (Å²) in [5.74, 6) is 0.730. The molecule has 1 aromatic carbocycles. The number of tetrazole rings is 1. The van der Waals surface area contributed by atoms with Crippen molar-refractivity contribution in [1.82, 2.24) is 20.2 Å². The summed E-state index contributed by atoms with van der Waals surface area (Å²) in [5, 5.41) is 11.6. The molecule has 2 aromatic rings. The van der Waals surface area contributed by atoms with E-state index in [4.69, 9.17) is 5.73 Å². The van der Waals surface area contributed by atoms with E-state index >= 15 is 0 Å². The van der Waals surface area contributed by atoms with E-state index < -0.39 is 0 Å². The summed E-state index contributed by atoms with van der Waals surface area (Å²) >= 11 is 0. The Morgan fingerprint density at radius 3 is 2.87 bits per heavy atom. The van der Waals surface area contributed by atoms with Crippen LogP contribution in [0.15, 0.2) is 18.2 Å². The Bertz CT molecular complexity index is 454. The van der Waals surface area contributed by atoms with Crippen LogP contribution in [0.3, 0.4) is 0 Å². The van der Waals surface area contributed by atoms with Crippen LogP contribution in [0.5, 0.6) is 0 Å². The number of hydrogen-bond acceptors (Lipinski definition) is 4. The van der Waals surface area contributed by atoms with Gasteiger partial charge in [0.2, 0.25) is 0 Å². The van der Waals surface area contributed by atoms with Crippen molar-refractivity contribution in [2.75, 3.05) is 5.73 Å². The Hall–Kier alpha value is -1.91. The average Bonchev–Trinajstić information content (AvgIpc) is 2.65. The Kier molecular flexibility index (Phi) is 2.37. The van der Waals surface area contributed by atoms with Gasteiger partial charge in [-0.25, -0.2) is 4.68 Å². The zero-order chi connectivity index (χ0) is 10.8. The molecule has 2 rings (SSSR count). The zero-order valence-electron chi connectivity index (χ0n) is 8.81. The van der Waals surface area contributed by atoms with Gasteiger partial charge in [-0.3, -0.25) is 0 Å². The van der Waals surface area contributed by atoms with Crippen LogP contribution >= 0.6 is 0 Å². The molecule has 0 saturated heterocycles. The predicted molar refractivity (Wildman–Crippen MR) is 58.1 cm³/mol. The number of hydrogen-bond donors (Lipinski definition) is 1. The summed E-state index contributed by atoms with van der Waals surface area (Å²) < 4.78 is 1.73. The van der Waals surface area contributed by atoms with Crippen molar-refractivity contribution in [1.29, 1.82) is 0 Å². The van der Waals surface area contributed by atoms with E-state index in [0.29, 0.717) is 5.69 Å². The normalized spacial score (nSPS) is 10.5. The van der Waals surface area contributed by atoms with E-state index in [1.807, 2.05) is 32.0 Å². The molecule has 0 saturated carbocycles. The molecular weight excluding hydrogens is 190 g/mol. The molecular formula is C10H13N5. The molecule has 0 aliphatic rings. The molecule has 0 fully saturated rings. The van der Waals surface area contributed by atoms with E-state index in [1.165, 1.54) is 0 Å². The lowest BCUT2D eigenvalue weighted by Crippen LogP contribution is -2.03. The maximum atomic E-state index is 5.93. The largest absolute Gasteiger partial charge is 0.398 e. The van der Waals surface area contributed by atoms with Gasteiger partial charge in [0.15, 0.2) is 5.82 Å². The Morgan fingerprint density at radius 2 is 2.20 bits per heavy atom. The van der Waals surface area contributed by atoms with Gasteiger partial charge in [0, 0.05) is 17.8 Å². The Morgan fingerprint density at radius 1 is 1.40 bits per heavy atom. The fourth-order valence-electron chi connectivity index (χ4n) is 1.59. The number of nitrogens with zero attached hydrogens (tertiary/aromatic N) is 4. The van der Waals surface area contributed by atoms with E-state index in [1.54, 1.807) is 4.68 Å². The third-order valence-corrected chi connectivity index (χ3v) is 2.36. The minimum absolute atomic E-state index is 0.708. The predicted octanol–water partition coefficient (Wildman–Crippen LogP) is 1.25. The highest BCUT2D eigenvalue weighted by Gasteiger charge is 2.12. The van der Waals surface area contributed by atoms with Crippen molar-refractivity contribution in [2.45, 2.75) is 20.4 Å². The minimum Gasteiger partial charge on any atom is -0.398 e. The first-order chi connectivity index (χ1) is 7.24. The van der Waals surface area contributed by atoms with Crippen LogP contribution in [0.2, 0.25) is 0 Å². The molecule has 5 heteroatoms. The second kappa shape index (κ2) is 3.68. The first-order valence-corrected chi connectivity index (χ1v) is 4.85. The number of nitrogen functional groups attached to an aromatic ring is 1. The zero-order valence-corrected chi connectivity index (χ0v) is 8.81. The van der Waals surface area contributed by atoms with Crippen LogP contribution in [0.4, 0.5) is 5.69 Å². The van der Waals surface area contributed by atoms with Gasteiger partial charge in [0.25, 0.3) is 0 Å². The second-order valence-corrected chi connectivity index (χ2v) is 3.36. The van der Waals surface area contributed by atoms with Gasteiger partial charge >= 0.3 is 0 Å². The van der Waals surface area contributed by atoms with Gasteiger partial charge in [-0.2, -0.15) is 0 Å². The topological polar surface area (TPSA) is 69.6 Å². The molecule has 15 heavy (non-hydrogen) atoms. The van der Waals surface area contributed by atoms with Gasteiger partial charge in [-0.05, 0) is 35.9 Å². The van der Waals surface area contributed by atoms with E-state index in [9.17, 15) is 0 Å². The first kappa shape index (κ1) is 9.64. The van der Waals surface area contributed by atoms with Gasteiger partial charge < -0.3 is 5.73 Å². The van der Waals surface area contributed by atoms with Crippen molar-refractivity contribution < 1.29 is 0 Å². The number of rotatable bonds is 2. The summed E-state index contributed by atoms with van der Waals surface area (Å²) in [5.41, 5.74) is 8.64. The van der Waals surface area contributed by atoms with Gasteiger partial charge in [-0.1, -0.05) is 12.1 Å². The summed E-state index contributed by atoms with van der Waals surface area (Å²) in [6.45, 7) is 4.73. The highest BCUT2D eigenvalue weighted by atomic mass is 15.5. The summed E-state index contributed by atoms with van der Waals surface area (Å²) in [4.78, 5) is 0. The molecule has 5 nitrogen and oxygen atoms in total. The van der Waals surface area contributed by atoms with Crippen molar-refractivity contribution in [2.24, 2.45) is 0 Å². The van der Waals surface area contributed by atoms with Crippen molar-refractivity contribution in [3.63, 3.8) is 0 Å². The lowest BCUT2D eigenvalue weighted by molar-refractivity contribution is 0.631. The fourth-order valence-corrected chi connectivity index (χ4v) is 1.59. The lowest BCUT2D eigenvalue weighted by atomic mass is 10.1. The minimum atomic E-state index is 0.708. The average molecular weight is 203 g/mol. The number of aromatic nitrogens is 4. The Balaban J connectivity index is 2.63. The van der Waals surface area contributed by atoms with Crippen LogP contribution in [0.25, 0.3) is 11.4 Å². The number of anilines is 1. The van der Waals surface area contributed by atoms with E-state index in [-0.39, 0.29) is 0 Å². The second-order valence-electron chi connectivity index (χ2n) is 3.36. The molecule has 1 heterocycles. The number of aryl methyl sites for hydroxylation is 2. The molecule has 0 amide bonds. The molecule has 0 spiro atoms. The monoisotopic (exact) mass is 203 g/mol. The maximum absolute atomic E-state index is 5.93.